The van der Waals surface area contributed by atoms with Gasteiger partial charge in [0.15, 0.2) is 0 Å². The van der Waals surface area contributed by atoms with Crippen molar-refractivity contribution in [3.8, 4) is 0 Å². The standard InChI is InChI=1S/C14H11BrO.Sb/c15-14(13-9-5-2-6-10-13)16-11-12-7-3-1-4-8-12;/h2-7,9,11,14H,1H2;/b12-11-;. The second-order valence-electron chi connectivity index (χ2n) is 3.92. The summed E-state index contributed by atoms with van der Waals surface area (Å²) in [6.45, 7) is 0. The Morgan fingerprint density at radius 3 is 3.12 bits per heavy atom. The molecular formula is C14H11BrOSb. The van der Waals surface area contributed by atoms with E-state index in [9.17, 15) is 0 Å². The van der Waals surface area contributed by atoms with Gasteiger partial charge in [0, 0.05) is 0 Å². The third kappa shape index (κ3) is 2.39. The molecule has 1 aromatic rings. The molecule has 0 fully saturated rings. The molecule has 85 valence electrons. The van der Waals surface area contributed by atoms with Gasteiger partial charge in [-0.2, -0.15) is 0 Å². The first-order valence-corrected chi connectivity index (χ1v) is 8.99. The Bertz CT molecular complexity index is 531. The quantitative estimate of drug-likeness (QED) is 0.483. The third-order valence-corrected chi connectivity index (χ3v) is 7.28. The van der Waals surface area contributed by atoms with E-state index in [0.717, 1.165) is 6.42 Å². The van der Waals surface area contributed by atoms with Crippen LogP contribution in [0.25, 0.3) is 0 Å². The molecular weight excluding hydrogens is 386 g/mol. The van der Waals surface area contributed by atoms with Crippen LogP contribution in [0.3, 0.4) is 0 Å². The first kappa shape index (κ1) is 11.6. The van der Waals surface area contributed by atoms with Crippen LogP contribution >= 0.6 is 15.9 Å². The number of alkyl halides is 1. The van der Waals surface area contributed by atoms with E-state index in [4.69, 9.17) is 4.74 Å². The molecule has 3 heteroatoms. The first-order valence-electron chi connectivity index (χ1n) is 5.52. The average molecular weight is 397 g/mol. The average Bonchev–Trinajstić information content (AvgIpc) is 2.36. The number of hydrogen-bond acceptors (Lipinski definition) is 1. The van der Waals surface area contributed by atoms with Crippen molar-refractivity contribution >= 4 is 41.1 Å². The molecule has 1 heterocycles. The Morgan fingerprint density at radius 1 is 1.29 bits per heavy atom. The molecule has 1 aliphatic carbocycles. The zero-order valence-electron chi connectivity index (χ0n) is 9.14. The summed E-state index contributed by atoms with van der Waals surface area (Å²) >= 11 is 3.10. The molecule has 2 aliphatic rings. The van der Waals surface area contributed by atoms with Gasteiger partial charge in [0.25, 0.3) is 0 Å². The van der Waals surface area contributed by atoms with Gasteiger partial charge in [0.2, 0.25) is 0 Å². The first-order chi connectivity index (χ1) is 8.34. The Morgan fingerprint density at radius 2 is 2.18 bits per heavy atom. The molecule has 1 unspecified atom stereocenters. The molecule has 3 rings (SSSR count). The van der Waals surface area contributed by atoms with Gasteiger partial charge in [-0.15, -0.1) is 0 Å². The monoisotopic (exact) mass is 395 g/mol. The molecule has 0 bridgehead atoms. The Balaban J connectivity index is 2.06. The number of benzene rings is 1. The third-order valence-electron chi connectivity index (χ3n) is 2.78. The predicted octanol–water partition coefficient (Wildman–Crippen LogP) is 3.17. The van der Waals surface area contributed by atoms with Crippen molar-refractivity contribution in [3.63, 3.8) is 0 Å². The second-order valence-corrected chi connectivity index (χ2v) is 8.14. The summed E-state index contributed by atoms with van der Waals surface area (Å²) in [6.07, 6.45) is 9.66. The van der Waals surface area contributed by atoms with E-state index >= 15 is 0 Å². The molecule has 1 nitrogen and oxygen atoms in total. The fourth-order valence-electron chi connectivity index (χ4n) is 1.91. The molecule has 0 spiro atoms. The zero-order chi connectivity index (χ0) is 11.7. The van der Waals surface area contributed by atoms with Crippen molar-refractivity contribution in [3.05, 3.63) is 63.4 Å². The number of rotatable bonds is 0. The minimum atomic E-state index is -0.504. The van der Waals surface area contributed by atoms with E-state index < -0.39 is 21.6 Å². The maximum atomic E-state index is 5.77. The molecule has 0 saturated heterocycles. The van der Waals surface area contributed by atoms with E-state index in [0.29, 0.717) is 0 Å². The zero-order valence-corrected chi connectivity index (χ0v) is 13.3. The summed E-state index contributed by atoms with van der Waals surface area (Å²) in [5.41, 5.74) is 2.54. The molecule has 1 aliphatic heterocycles. The van der Waals surface area contributed by atoms with Gasteiger partial charge in [-0.25, -0.2) is 0 Å². The number of halogens is 1. The number of allylic oxidation sites excluding steroid dienone is 5. The van der Waals surface area contributed by atoms with Crippen molar-refractivity contribution in [2.24, 2.45) is 0 Å². The van der Waals surface area contributed by atoms with Gasteiger partial charge < -0.3 is 0 Å². The molecule has 1 atom stereocenters. The van der Waals surface area contributed by atoms with Crippen LogP contribution in [0, 0.1) is 0 Å². The van der Waals surface area contributed by atoms with Crippen LogP contribution in [-0.2, 0) is 4.74 Å². The van der Waals surface area contributed by atoms with Crippen LogP contribution < -0.4 is 3.51 Å². The Kier molecular flexibility index (Phi) is 3.44. The summed E-state index contributed by atoms with van der Waals surface area (Å²) in [7, 11) is 0. The molecule has 0 amide bonds. The second kappa shape index (κ2) is 5.04. The van der Waals surface area contributed by atoms with Crippen LogP contribution in [0.5, 0.6) is 0 Å². The SMILES string of the molecule is BrC1O/C=C2/C=CCC=[C]2[Sb][c]2ccccc21. The summed E-state index contributed by atoms with van der Waals surface area (Å²) < 4.78 is 8.76. The van der Waals surface area contributed by atoms with Gasteiger partial charge in [0.05, 0.1) is 0 Å². The Labute approximate surface area is 120 Å². The van der Waals surface area contributed by atoms with E-state index in [-0.39, 0.29) is 5.01 Å². The van der Waals surface area contributed by atoms with Crippen molar-refractivity contribution < 1.29 is 4.74 Å². The van der Waals surface area contributed by atoms with E-state index in [1.807, 2.05) is 6.26 Å². The van der Waals surface area contributed by atoms with Gasteiger partial charge in [-0.1, -0.05) is 0 Å². The van der Waals surface area contributed by atoms with Gasteiger partial charge in [-0.05, 0) is 0 Å². The molecule has 0 N–H and O–H groups in total. The number of hydrogen-bond donors (Lipinski definition) is 0. The summed E-state index contributed by atoms with van der Waals surface area (Å²) in [6, 6.07) is 8.60. The summed E-state index contributed by atoms with van der Waals surface area (Å²) in [5.74, 6) is 0. The van der Waals surface area contributed by atoms with Gasteiger partial charge in [0.1, 0.15) is 0 Å². The summed E-state index contributed by atoms with van der Waals surface area (Å²) in [4.78, 5) is 0. The van der Waals surface area contributed by atoms with Crippen LogP contribution in [-0.4, -0.2) is 21.6 Å². The number of fused-ring (bicyclic) bond motifs is 2. The Hall–Kier alpha value is -0.462. The minimum absolute atomic E-state index is 0.0152. The van der Waals surface area contributed by atoms with Crippen LogP contribution in [0.2, 0.25) is 0 Å². The van der Waals surface area contributed by atoms with E-state index in [1.54, 1.807) is 0 Å². The molecule has 1 aromatic carbocycles. The van der Waals surface area contributed by atoms with Crippen molar-refractivity contribution in [2.45, 2.75) is 11.4 Å². The van der Waals surface area contributed by atoms with Crippen LogP contribution in [0.15, 0.2) is 57.8 Å². The van der Waals surface area contributed by atoms with Crippen molar-refractivity contribution in [1.29, 1.82) is 0 Å². The molecule has 1 radical (unpaired) electrons. The fraction of sp³-hybridized carbons (Fsp3) is 0.143. The molecule has 0 aromatic heterocycles. The molecule has 17 heavy (non-hydrogen) atoms. The van der Waals surface area contributed by atoms with Gasteiger partial charge in [-0.3, -0.25) is 0 Å². The summed E-state index contributed by atoms with van der Waals surface area (Å²) in [5, 5.41) is -0.0152. The fourth-order valence-corrected chi connectivity index (χ4v) is 6.35. The van der Waals surface area contributed by atoms with Crippen LogP contribution in [0.1, 0.15) is 17.0 Å². The predicted molar refractivity (Wildman–Crippen MR) is 74.5 cm³/mol. The maximum absolute atomic E-state index is 5.77. The van der Waals surface area contributed by atoms with Gasteiger partial charge >= 0.3 is 121 Å². The number of ether oxygens (including phenoxy) is 1. The van der Waals surface area contributed by atoms with Crippen molar-refractivity contribution in [2.75, 3.05) is 0 Å². The topological polar surface area (TPSA) is 9.23 Å². The normalized spacial score (nSPS) is 25.4. The van der Waals surface area contributed by atoms with Crippen LogP contribution in [0.4, 0.5) is 0 Å². The van der Waals surface area contributed by atoms with E-state index in [2.05, 4.69) is 58.4 Å². The van der Waals surface area contributed by atoms with Crippen molar-refractivity contribution in [1.82, 2.24) is 0 Å². The van der Waals surface area contributed by atoms with E-state index in [1.165, 1.54) is 18.2 Å². The molecule has 0 saturated carbocycles.